The zero-order chi connectivity index (χ0) is 19.0. The average molecular weight is 362 g/mol. The number of rotatable bonds is 4. The zero-order valence-corrected chi connectivity index (χ0v) is 15.3. The number of esters is 1. The lowest BCUT2D eigenvalue weighted by molar-refractivity contribution is 0.0466. The van der Waals surface area contributed by atoms with E-state index in [2.05, 4.69) is 15.1 Å². The van der Waals surface area contributed by atoms with Crippen molar-refractivity contribution in [1.82, 2.24) is 19.7 Å². The summed E-state index contributed by atoms with van der Waals surface area (Å²) in [6, 6.07) is 11.3. The third-order valence-corrected chi connectivity index (χ3v) is 4.35. The highest BCUT2D eigenvalue weighted by Gasteiger charge is 2.16. The number of fused-ring (bicyclic) bond motifs is 1. The quantitative estimate of drug-likeness (QED) is 0.516. The molecule has 0 bridgehead atoms. The fourth-order valence-corrected chi connectivity index (χ4v) is 2.90. The Morgan fingerprint density at radius 3 is 2.78 bits per heavy atom. The summed E-state index contributed by atoms with van der Waals surface area (Å²) in [6.45, 7) is 3.71. The number of hydrogen-bond acceptors (Lipinski definition) is 6. The Kier molecular flexibility index (Phi) is 4.19. The predicted octanol–water partition coefficient (Wildman–Crippen LogP) is 3.60. The van der Waals surface area contributed by atoms with Gasteiger partial charge in [-0.05, 0) is 32.0 Å². The van der Waals surface area contributed by atoms with Crippen molar-refractivity contribution in [2.45, 2.75) is 20.5 Å². The summed E-state index contributed by atoms with van der Waals surface area (Å²) in [5.41, 5.74) is 3.38. The second kappa shape index (κ2) is 6.68. The summed E-state index contributed by atoms with van der Waals surface area (Å²) in [6.07, 6.45) is 1.50. The first-order valence-electron chi connectivity index (χ1n) is 8.51. The molecular formula is C20H18N4O3. The highest BCUT2D eigenvalue weighted by Crippen LogP contribution is 2.22. The molecule has 0 unspecified atom stereocenters. The van der Waals surface area contributed by atoms with Gasteiger partial charge in [-0.3, -0.25) is 4.68 Å². The number of aryl methyl sites for hydroxylation is 3. The number of benzene rings is 1. The summed E-state index contributed by atoms with van der Waals surface area (Å²) in [7, 11) is 1.82. The summed E-state index contributed by atoms with van der Waals surface area (Å²) >= 11 is 0. The van der Waals surface area contributed by atoms with Gasteiger partial charge in [0.05, 0.1) is 11.3 Å². The third kappa shape index (κ3) is 3.19. The average Bonchev–Trinajstić information content (AvgIpc) is 3.19. The van der Waals surface area contributed by atoms with Gasteiger partial charge in [0.1, 0.15) is 18.1 Å². The maximum atomic E-state index is 12.4. The molecule has 0 N–H and O–H groups in total. The molecule has 0 radical (unpaired) electrons. The molecule has 136 valence electrons. The van der Waals surface area contributed by atoms with Crippen LogP contribution < -0.4 is 0 Å². The Bertz CT molecular complexity index is 1130. The van der Waals surface area contributed by atoms with Gasteiger partial charge in [0.2, 0.25) is 5.89 Å². The molecule has 4 aromatic rings. The summed E-state index contributed by atoms with van der Waals surface area (Å²) in [5, 5.41) is 5.14. The Morgan fingerprint density at radius 1 is 1.22 bits per heavy atom. The molecular weight excluding hydrogens is 344 g/mol. The molecule has 0 amide bonds. The topological polar surface area (TPSA) is 83.0 Å². The van der Waals surface area contributed by atoms with Crippen molar-refractivity contribution in [2.24, 2.45) is 7.05 Å². The molecule has 4 rings (SSSR count). The van der Waals surface area contributed by atoms with Crippen LogP contribution in [0.3, 0.4) is 0 Å². The molecule has 1 aromatic carbocycles. The van der Waals surface area contributed by atoms with Gasteiger partial charge in [-0.1, -0.05) is 18.2 Å². The standard InChI is InChI=1S/C20H18N4O3/c1-12-16-9-15(10-21-18(16)24(3)23-12)20(25)26-11-17-13(2)27-19(22-17)14-7-5-4-6-8-14/h4-10H,11H2,1-3H3. The molecule has 7 heteroatoms. The molecule has 0 spiro atoms. The second-order valence-electron chi connectivity index (χ2n) is 6.27. The molecule has 3 heterocycles. The number of nitrogens with zero attached hydrogens (tertiary/aromatic N) is 4. The van der Waals surface area contributed by atoms with Crippen LogP contribution in [0.5, 0.6) is 0 Å². The monoisotopic (exact) mass is 362 g/mol. The van der Waals surface area contributed by atoms with E-state index in [1.54, 1.807) is 17.7 Å². The van der Waals surface area contributed by atoms with Crippen LogP contribution in [0.2, 0.25) is 0 Å². The molecule has 0 aliphatic heterocycles. The Labute approximate surface area is 155 Å². The van der Waals surface area contributed by atoms with Crippen LogP contribution in [-0.4, -0.2) is 25.7 Å². The van der Waals surface area contributed by atoms with Crippen LogP contribution in [0, 0.1) is 13.8 Å². The third-order valence-electron chi connectivity index (χ3n) is 4.35. The van der Waals surface area contributed by atoms with Crippen molar-refractivity contribution in [3.63, 3.8) is 0 Å². The molecule has 3 aromatic heterocycles. The fourth-order valence-electron chi connectivity index (χ4n) is 2.90. The van der Waals surface area contributed by atoms with E-state index in [0.717, 1.165) is 22.3 Å². The van der Waals surface area contributed by atoms with Gasteiger partial charge in [-0.15, -0.1) is 0 Å². The molecule has 0 aliphatic rings. The van der Waals surface area contributed by atoms with E-state index >= 15 is 0 Å². The first kappa shape index (κ1) is 17.0. The van der Waals surface area contributed by atoms with Gasteiger partial charge in [0.15, 0.2) is 5.65 Å². The molecule has 0 saturated carbocycles. The van der Waals surface area contributed by atoms with Crippen LogP contribution in [0.25, 0.3) is 22.5 Å². The van der Waals surface area contributed by atoms with E-state index < -0.39 is 5.97 Å². The maximum Gasteiger partial charge on any atom is 0.340 e. The Balaban J connectivity index is 1.51. The fraction of sp³-hybridized carbons (Fsp3) is 0.200. The summed E-state index contributed by atoms with van der Waals surface area (Å²) < 4.78 is 12.8. The molecule has 7 nitrogen and oxygen atoms in total. The summed E-state index contributed by atoms with van der Waals surface area (Å²) in [5.74, 6) is 0.669. The van der Waals surface area contributed by atoms with Crippen LogP contribution in [-0.2, 0) is 18.4 Å². The van der Waals surface area contributed by atoms with Gasteiger partial charge < -0.3 is 9.15 Å². The van der Waals surface area contributed by atoms with Gasteiger partial charge in [-0.25, -0.2) is 14.8 Å². The van der Waals surface area contributed by atoms with Gasteiger partial charge >= 0.3 is 5.97 Å². The van der Waals surface area contributed by atoms with Crippen molar-refractivity contribution in [3.05, 3.63) is 65.3 Å². The van der Waals surface area contributed by atoms with Gasteiger partial charge in [0, 0.05) is 24.2 Å². The lowest BCUT2D eigenvalue weighted by Crippen LogP contribution is -2.07. The van der Waals surface area contributed by atoms with E-state index in [1.807, 2.05) is 44.3 Å². The predicted molar refractivity (Wildman–Crippen MR) is 99.0 cm³/mol. The van der Waals surface area contributed by atoms with E-state index in [1.165, 1.54) is 6.20 Å². The lowest BCUT2D eigenvalue weighted by atomic mass is 10.2. The largest absolute Gasteiger partial charge is 0.455 e. The minimum atomic E-state index is -0.462. The number of aromatic nitrogens is 4. The SMILES string of the molecule is Cc1oc(-c2ccccc2)nc1COC(=O)c1cnc2c(c1)c(C)nn2C. The molecule has 0 saturated heterocycles. The maximum absolute atomic E-state index is 12.4. The van der Waals surface area contributed by atoms with E-state index in [0.29, 0.717) is 22.9 Å². The van der Waals surface area contributed by atoms with Crippen LogP contribution in [0.4, 0.5) is 0 Å². The minimum Gasteiger partial charge on any atom is -0.455 e. The van der Waals surface area contributed by atoms with Gasteiger partial charge in [-0.2, -0.15) is 5.10 Å². The van der Waals surface area contributed by atoms with Crippen LogP contribution in [0.1, 0.15) is 27.5 Å². The molecule has 0 aliphatic carbocycles. The van der Waals surface area contributed by atoms with Crippen molar-refractivity contribution >= 4 is 17.0 Å². The van der Waals surface area contributed by atoms with Crippen molar-refractivity contribution in [2.75, 3.05) is 0 Å². The number of pyridine rings is 1. The van der Waals surface area contributed by atoms with Crippen molar-refractivity contribution in [1.29, 1.82) is 0 Å². The number of oxazole rings is 1. The highest BCUT2D eigenvalue weighted by atomic mass is 16.5. The first-order chi connectivity index (χ1) is 13.0. The second-order valence-corrected chi connectivity index (χ2v) is 6.27. The van der Waals surface area contributed by atoms with E-state index in [4.69, 9.17) is 9.15 Å². The normalized spacial score (nSPS) is 11.1. The number of hydrogen-bond donors (Lipinski definition) is 0. The zero-order valence-electron chi connectivity index (χ0n) is 15.3. The molecule has 0 atom stereocenters. The van der Waals surface area contributed by atoms with Crippen LogP contribution in [0.15, 0.2) is 47.0 Å². The lowest BCUT2D eigenvalue weighted by Gasteiger charge is -2.03. The molecule has 27 heavy (non-hydrogen) atoms. The minimum absolute atomic E-state index is 0.0328. The van der Waals surface area contributed by atoms with Gasteiger partial charge in [0.25, 0.3) is 0 Å². The first-order valence-corrected chi connectivity index (χ1v) is 8.51. The van der Waals surface area contributed by atoms with E-state index in [9.17, 15) is 4.79 Å². The number of carbonyl (C=O) groups is 1. The Hall–Kier alpha value is -3.48. The van der Waals surface area contributed by atoms with Crippen molar-refractivity contribution in [3.8, 4) is 11.5 Å². The van der Waals surface area contributed by atoms with E-state index in [-0.39, 0.29) is 6.61 Å². The number of carbonyl (C=O) groups excluding carboxylic acids is 1. The highest BCUT2D eigenvalue weighted by molar-refractivity contribution is 5.93. The summed E-state index contributed by atoms with van der Waals surface area (Å²) in [4.78, 5) is 21.2. The Morgan fingerprint density at radius 2 is 2.00 bits per heavy atom. The van der Waals surface area contributed by atoms with Crippen molar-refractivity contribution < 1.29 is 13.9 Å². The molecule has 0 fully saturated rings. The van der Waals surface area contributed by atoms with Crippen LogP contribution >= 0.6 is 0 Å². The number of ether oxygens (including phenoxy) is 1. The smallest absolute Gasteiger partial charge is 0.340 e.